The number of hydrogen-bond acceptors (Lipinski definition) is 4. The van der Waals surface area contributed by atoms with Crippen LogP contribution in [0, 0.1) is 0 Å². The first-order valence-electron chi connectivity index (χ1n) is 10.5. The third-order valence-corrected chi connectivity index (χ3v) is 7.03. The molecule has 0 aromatic heterocycles. The highest BCUT2D eigenvalue weighted by atomic mass is 31.1. The molecule has 0 saturated carbocycles. The van der Waals surface area contributed by atoms with Crippen molar-refractivity contribution >= 4 is 30.9 Å². The summed E-state index contributed by atoms with van der Waals surface area (Å²) in [5.74, 6) is -0.613. The normalized spacial score (nSPS) is 15.0. The lowest BCUT2D eigenvalue weighted by Crippen LogP contribution is -2.46. The first-order valence-corrected chi connectivity index (χ1v) is 11.7. The number of carbonyl (C=O) groups is 2. The van der Waals surface area contributed by atoms with E-state index in [1.165, 1.54) is 24.3 Å². The quantitative estimate of drug-likeness (QED) is 0.550. The van der Waals surface area contributed by atoms with Gasteiger partial charge in [-0.05, 0) is 75.9 Å². The van der Waals surface area contributed by atoms with Gasteiger partial charge in [0, 0.05) is 11.3 Å². The van der Waals surface area contributed by atoms with E-state index in [2.05, 4.69) is 12.2 Å². The summed E-state index contributed by atoms with van der Waals surface area (Å²) in [7, 11) is -2.92. The van der Waals surface area contributed by atoms with Crippen molar-refractivity contribution in [3.8, 4) is 0 Å². The molecular weight excluding hydrogens is 411 g/mol. The van der Waals surface area contributed by atoms with Gasteiger partial charge < -0.3 is 5.32 Å². The maximum atomic E-state index is 13.1. The maximum absolute atomic E-state index is 13.1. The van der Waals surface area contributed by atoms with Crippen LogP contribution in [0.3, 0.4) is 0 Å². The lowest BCUT2D eigenvalue weighted by Gasteiger charge is -2.30. The summed E-state index contributed by atoms with van der Waals surface area (Å²) in [6.45, 7) is 8.67. The molecule has 3 rings (SSSR count). The first kappa shape index (κ1) is 23.0. The summed E-state index contributed by atoms with van der Waals surface area (Å²) in [6, 6.07) is 12.8. The predicted molar refractivity (Wildman–Crippen MR) is 122 cm³/mol. The van der Waals surface area contributed by atoms with Gasteiger partial charge in [-0.15, -0.1) is 0 Å². The number of fused-ring (bicyclic) bond motifs is 1. The molecule has 1 heterocycles. The van der Waals surface area contributed by atoms with Crippen LogP contribution >= 0.6 is 7.68 Å². The lowest BCUT2D eigenvalue weighted by atomic mass is 9.86. The Hall–Kier alpha value is -2.72. The smallest absolute Gasteiger partial charge is 0.322 e. The zero-order chi connectivity index (χ0) is 23.0. The molecule has 6 nitrogen and oxygen atoms in total. The number of carbonyl (C=O) groups excluding carboxylic acids is 2. The molecule has 7 heteroatoms. The first-order chi connectivity index (χ1) is 14.5. The van der Waals surface area contributed by atoms with Crippen molar-refractivity contribution in [1.29, 1.82) is 0 Å². The zero-order valence-corrected chi connectivity index (χ0v) is 19.6. The van der Waals surface area contributed by atoms with E-state index < -0.39 is 18.4 Å². The van der Waals surface area contributed by atoms with E-state index in [0.29, 0.717) is 22.5 Å². The van der Waals surface area contributed by atoms with Crippen molar-refractivity contribution in [3.63, 3.8) is 0 Å². The third-order valence-electron chi connectivity index (χ3n) is 5.94. The van der Waals surface area contributed by atoms with Crippen LogP contribution in [0.25, 0.3) is 0 Å². The Kier molecular flexibility index (Phi) is 6.24. The standard InChI is InChI=1S/C24H29N2O4P/c1-6-7-8-16-9-12-18(13-10-16)25-21(27)17-11-14-19-20(15-17)26(22(28)23(19,2)3)24(4,5)31(29)30/h9-15H,6-8H2,1-5H3,(H,25,27). The largest absolute Gasteiger partial charge is 0.341 e. The van der Waals surface area contributed by atoms with E-state index in [4.69, 9.17) is 0 Å². The van der Waals surface area contributed by atoms with Crippen molar-refractivity contribution in [3.05, 3.63) is 59.2 Å². The number of rotatable bonds is 7. The number of aryl methyl sites for hydroxylation is 1. The van der Waals surface area contributed by atoms with Gasteiger partial charge in [-0.2, -0.15) is 0 Å². The van der Waals surface area contributed by atoms with E-state index in [1.54, 1.807) is 32.0 Å². The second kappa shape index (κ2) is 8.43. The molecule has 0 saturated heterocycles. The fourth-order valence-corrected chi connectivity index (χ4v) is 4.22. The molecule has 0 fully saturated rings. The maximum Gasteiger partial charge on any atom is 0.341 e. The highest BCUT2D eigenvalue weighted by Crippen LogP contribution is 2.48. The van der Waals surface area contributed by atoms with Crippen LogP contribution in [0.15, 0.2) is 42.5 Å². The zero-order valence-electron chi connectivity index (χ0n) is 18.7. The number of unbranched alkanes of at least 4 members (excludes halogenated alkanes) is 1. The molecule has 164 valence electrons. The number of anilines is 2. The Morgan fingerprint density at radius 2 is 1.74 bits per heavy atom. The summed E-state index contributed by atoms with van der Waals surface area (Å²) in [4.78, 5) is 27.2. The summed E-state index contributed by atoms with van der Waals surface area (Å²) < 4.78 is 23.8. The SMILES string of the molecule is CCCCc1ccc(NC(=O)c2ccc3c(c2)N(C(C)(C)P(=O)=O)C(=O)C3(C)C)cc1. The second-order valence-corrected chi connectivity index (χ2v) is 10.6. The summed E-state index contributed by atoms with van der Waals surface area (Å²) in [5.41, 5.74) is 2.56. The molecule has 0 atom stereocenters. The van der Waals surface area contributed by atoms with Crippen LogP contribution in [-0.4, -0.2) is 17.1 Å². The Bertz CT molecular complexity index is 1080. The van der Waals surface area contributed by atoms with E-state index in [9.17, 15) is 18.7 Å². The van der Waals surface area contributed by atoms with Gasteiger partial charge >= 0.3 is 7.68 Å². The number of nitrogens with zero attached hydrogens (tertiary/aromatic N) is 1. The van der Waals surface area contributed by atoms with Crippen molar-refractivity contribution in [2.45, 2.75) is 64.6 Å². The Labute approximate surface area is 183 Å². The van der Waals surface area contributed by atoms with Crippen molar-refractivity contribution < 1.29 is 18.7 Å². The molecule has 2 amide bonds. The highest BCUT2D eigenvalue weighted by molar-refractivity contribution is 7.33. The predicted octanol–water partition coefficient (Wildman–Crippen LogP) is 5.81. The minimum Gasteiger partial charge on any atom is -0.322 e. The fraction of sp³-hybridized carbons (Fsp3) is 0.417. The van der Waals surface area contributed by atoms with Gasteiger partial charge in [-0.25, -0.2) is 9.13 Å². The number of amides is 2. The Morgan fingerprint density at radius 1 is 1.10 bits per heavy atom. The van der Waals surface area contributed by atoms with Crippen LogP contribution in [-0.2, 0) is 25.8 Å². The van der Waals surface area contributed by atoms with Gasteiger partial charge in [-0.3, -0.25) is 14.5 Å². The van der Waals surface area contributed by atoms with Crippen LogP contribution < -0.4 is 10.2 Å². The molecule has 0 bridgehead atoms. The number of hydrogen-bond donors (Lipinski definition) is 1. The second-order valence-electron chi connectivity index (χ2n) is 9.00. The van der Waals surface area contributed by atoms with E-state index in [1.807, 2.05) is 24.3 Å². The molecule has 0 radical (unpaired) electrons. The Morgan fingerprint density at radius 3 is 2.32 bits per heavy atom. The van der Waals surface area contributed by atoms with Gasteiger partial charge in [0.05, 0.1) is 11.1 Å². The topological polar surface area (TPSA) is 83.6 Å². The third kappa shape index (κ3) is 4.22. The number of nitrogens with one attached hydrogen (secondary N) is 1. The van der Waals surface area contributed by atoms with Crippen molar-refractivity contribution in [2.24, 2.45) is 0 Å². The molecule has 0 spiro atoms. The average molecular weight is 440 g/mol. The molecule has 0 aliphatic carbocycles. The highest BCUT2D eigenvalue weighted by Gasteiger charge is 2.51. The fourth-order valence-electron chi connectivity index (χ4n) is 3.85. The van der Waals surface area contributed by atoms with E-state index in [-0.39, 0.29) is 11.8 Å². The molecule has 1 aliphatic heterocycles. The minimum absolute atomic E-state index is 0.299. The van der Waals surface area contributed by atoms with Crippen LogP contribution in [0.4, 0.5) is 11.4 Å². The average Bonchev–Trinajstić information content (AvgIpc) is 2.93. The van der Waals surface area contributed by atoms with Crippen molar-refractivity contribution in [1.82, 2.24) is 0 Å². The molecule has 1 N–H and O–H groups in total. The van der Waals surface area contributed by atoms with Crippen LogP contribution in [0.1, 0.15) is 68.9 Å². The summed E-state index contributed by atoms with van der Waals surface area (Å²) in [5, 5.41) is 1.47. The van der Waals surface area contributed by atoms with Gasteiger partial charge in [0.15, 0.2) is 5.28 Å². The van der Waals surface area contributed by atoms with Crippen molar-refractivity contribution in [2.75, 3.05) is 10.2 Å². The van der Waals surface area contributed by atoms with E-state index in [0.717, 1.165) is 19.3 Å². The molecule has 2 aromatic rings. The molecule has 2 aromatic carbocycles. The monoisotopic (exact) mass is 440 g/mol. The van der Waals surface area contributed by atoms with Crippen LogP contribution in [0.2, 0.25) is 0 Å². The lowest BCUT2D eigenvalue weighted by molar-refractivity contribution is -0.122. The van der Waals surface area contributed by atoms with Gasteiger partial charge in [0.1, 0.15) is 0 Å². The molecular formula is C24H29N2O4P. The summed E-state index contributed by atoms with van der Waals surface area (Å²) in [6.07, 6.45) is 3.26. The van der Waals surface area contributed by atoms with Gasteiger partial charge in [-0.1, -0.05) is 31.5 Å². The van der Waals surface area contributed by atoms with Crippen LogP contribution in [0.5, 0.6) is 0 Å². The van der Waals surface area contributed by atoms with Gasteiger partial charge in [0.2, 0.25) is 5.91 Å². The Balaban J connectivity index is 1.90. The number of benzene rings is 2. The minimum atomic E-state index is -2.92. The van der Waals surface area contributed by atoms with E-state index >= 15 is 0 Å². The van der Waals surface area contributed by atoms with Gasteiger partial charge in [0.25, 0.3) is 5.91 Å². The molecule has 0 unspecified atom stereocenters. The molecule has 1 aliphatic rings. The summed E-state index contributed by atoms with van der Waals surface area (Å²) >= 11 is 0. The molecule has 31 heavy (non-hydrogen) atoms.